The van der Waals surface area contributed by atoms with E-state index in [0.717, 1.165) is 7.69 Å². The zero-order chi connectivity index (χ0) is 15.2. The number of hydrogen-bond donors (Lipinski definition) is 0. The van der Waals surface area contributed by atoms with Crippen molar-refractivity contribution in [3.63, 3.8) is 0 Å². The molecule has 0 saturated carbocycles. The van der Waals surface area contributed by atoms with E-state index in [4.69, 9.17) is 9.31 Å². The van der Waals surface area contributed by atoms with Crippen molar-refractivity contribution in [1.29, 1.82) is 0 Å². The number of hydrogen-bond acceptors (Lipinski definition) is 4. The molecule has 2 aromatic carbocycles. The Balaban J connectivity index is 2.02. The summed E-state index contributed by atoms with van der Waals surface area (Å²) in [5, 5.41) is 0. The van der Waals surface area contributed by atoms with Crippen LogP contribution in [0.1, 0.15) is 0 Å². The van der Waals surface area contributed by atoms with Crippen LogP contribution in [0.25, 0.3) is 0 Å². The smallest absolute Gasteiger partial charge is 0.525 e. The zero-order valence-electron chi connectivity index (χ0n) is 11.4. The van der Waals surface area contributed by atoms with Crippen molar-refractivity contribution in [2.45, 2.75) is 9.79 Å². The Morgan fingerprint density at radius 2 is 1.24 bits per heavy atom. The van der Waals surface area contributed by atoms with Gasteiger partial charge < -0.3 is 9.31 Å². The van der Waals surface area contributed by atoms with Crippen LogP contribution in [0.4, 0.5) is 8.78 Å². The van der Waals surface area contributed by atoms with Gasteiger partial charge in [-0.05, 0) is 48.9 Å². The minimum absolute atomic E-state index is 0.323. The monoisotopic (exact) mass is 325 g/mol. The summed E-state index contributed by atoms with van der Waals surface area (Å²) in [6, 6.07) is 8.46. The lowest BCUT2D eigenvalue weighted by molar-refractivity contribution is 0.444. The van der Waals surface area contributed by atoms with E-state index in [2.05, 4.69) is 0 Å². The van der Waals surface area contributed by atoms with Crippen LogP contribution in [-0.4, -0.2) is 20.2 Å². The fraction of sp³-hybridized carbons (Fsp3) is 0.143. The summed E-state index contributed by atoms with van der Waals surface area (Å²) in [7, 11) is 1.15. The van der Waals surface area contributed by atoms with Crippen molar-refractivity contribution in [3.05, 3.63) is 48.0 Å². The van der Waals surface area contributed by atoms with Crippen LogP contribution in [-0.2, 0) is 0 Å². The second-order valence-electron chi connectivity index (χ2n) is 3.92. The normalized spacial score (nSPS) is 10.3. The van der Waals surface area contributed by atoms with E-state index < -0.39 is 0 Å². The summed E-state index contributed by atoms with van der Waals surface area (Å²) >= 11 is 2.74. The molecule has 2 nitrogen and oxygen atoms in total. The Hall–Kier alpha value is -1.34. The van der Waals surface area contributed by atoms with Crippen LogP contribution in [0.5, 0.6) is 11.5 Å². The maximum Gasteiger partial charge on any atom is 0.658 e. The fourth-order valence-corrected chi connectivity index (χ4v) is 2.70. The quantitative estimate of drug-likeness (QED) is 0.578. The van der Waals surface area contributed by atoms with Crippen LogP contribution in [0, 0.1) is 11.6 Å². The maximum absolute atomic E-state index is 13.1. The first-order chi connectivity index (χ1) is 10.1. The standard InChI is InChI=1S/C14H12BF2O2S2/c1-20-13-7-9(16)3-5-11(13)18-15-19-12-6-4-10(17)8-14(12)21-2/h3-8H,1-2H3. The van der Waals surface area contributed by atoms with Gasteiger partial charge in [0.2, 0.25) is 0 Å². The highest BCUT2D eigenvalue weighted by Gasteiger charge is 2.10. The summed E-state index contributed by atoms with van der Waals surface area (Å²) in [5.41, 5.74) is 0. The Morgan fingerprint density at radius 3 is 1.62 bits per heavy atom. The Labute approximate surface area is 131 Å². The summed E-state index contributed by atoms with van der Waals surface area (Å²) < 4.78 is 37.0. The van der Waals surface area contributed by atoms with Crippen molar-refractivity contribution >= 4 is 31.2 Å². The van der Waals surface area contributed by atoms with E-state index in [1.165, 1.54) is 59.9 Å². The highest BCUT2D eigenvalue weighted by atomic mass is 32.2. The van der Waals surface area contributed by atoms with E-state index in [1.807, 2.05) is 12.5 Å². The fourth-order valence-electron chi connectivity index (χ4n) is 1.61. The average Bonchev–Trinajstić information content (AvgIpc) is 2.49. The lowest BCUT2D eigenvalue weighted by atomic mass is 10.3. The molecule has 0 atom stereocenters. The van der Waals surface area contributed by atoms with E-state index in [1.54, 1.807) is 0 Å². The molecule has 0 aliphatic rings. The van der Waals surface area contributed by atoms with Gasteiger partial charge in [-0.1, -0.05) is 0 Å². The molecule has 0 aliphatic carbocycles. The molecule has 0 fully saturated rings. The van der Waals surface area contributed by atoms with Crippen LogP contribution < -0.4 is 9.31 Å². The molecule has 0 heterocycles. The van der Waals surface area contributed by atoms with Gasteiger partial charge in [-0.3, -0.25) is 0 Å². The van der Waals surface area contributed by atoms with Crippen molar-refractivity contribution < 1.29 is 18.1 Å². The van der Waals surface area contributed by atoms with Gasteiger partial charge in [0, 0.05) is 0 Å². The molecule has 2 rings (SSSR count). The summed E-state index contributed by atoms with van der Waals surface area (Å²) in [5.74, 6) is 0.347. The topological polar surface area (TPSA) is 18.5 Å². The van der Waals surface area contributed by atoms with Gasteiger partial charge in [0.05, 0.1) is 9.79 Å². The second kappa shape index (κ2) is 7.61. The van der Waals surface area contributed by atoms with E-state index in [-0.39, 0.29) is 11.6 Å². The van der Waals surface area contributed by atoms with E-state index in [0.29, 0.717) is 21.3 Å². The highest BCUT2D eigenvalue weighted by molar-refractivity contribution is 7.99. The molecule has 109 valence electrons. The predicted octanol–water partition coefficient (Wildman–Crippen LogP) is 4.40. The van der Waals surface area contributed by atoms with Crippen molar-refractivity contribution in [3.8, 4) is 11.5 Å². The molecule has 0 saturated heterocycles. The first kappa shape index (κ1) is 16.0. The van der Waals surface area contributed by atoms with Gasteiger partial charge in [-0.2, -0.15) is 0 Å². The third kappa shape index (κ3) is 4.31. The SMILES string of the molecule is CSc1cc(F)ccc1O[B]Oc1ccc(F)cc1SC. The van der Waals surface area contributed by atoms with Crippen molar-refractivity contribution in [1.82, 2.24) is 0 Å². The third-order valence-electron chi connectivity index (χ3n) is 2.60. The lowest BCUT2D eigenvalue weighted by Gasteiger charge is -2.11. The van der Waals surface area contributed by atoms with Gasteiger partial charge in [0.15, 0.2) is 0 Å². The Morgan fingerprint density at radius 1 is 0.810 bits per heavy atom. The highest BCUT2D eigenvalue weighted by Crippen LogP contribution is 2.30. The van der Waals surface area contributed by atoms with Gasteiger partial charge >= 0.3 is 7.69 Å². The van der Waals surface area contributed by atoms with Crippen LogP contribution in [0.3, 0.4) is 0 Å². The summed E-state index contributed by atoms with van der Waals surface area (Å²) in [6.45, 7) is 0. The Kier molecular flexibility index (Phi) is 5.81. The molecule has 7 heteroatoms. The minimum atomic E-state index is -0.323. The predicted molar refractivity (Wildman–Crippen MR) is 83.4 cm³/mol. The zero-order valence-corrected chi connectivity index (χ0v) is 13.1. The summed E-state index contributed by atoms with van der Waals surface area (Å²) in [6.07, 6.45) is 3.66. The van der Waals surface area contributed by atoms with Crippen molar-refractivity contribution in [2.24, 2.45) is 0 Å². The molecule has 0 amide bonds. The first-order valence-electron chi connectivity index (χ1n) is 5.96. The molecule has 2 aromatic rings. The molecule has 0 N–H and O–H groups in total. The minimum Gasteiger partial charge on any atom is -0.525 e. The number of rotatable bonds is 6. The largest absolute Gasteiger partial charge is 0.658 e. The van der Waals surface area contributed by atoms with Crippen molar-refractivity contribution in [2.75, 3.05) is 12.5 Å². The molecule has 0 aliphatic heterocycles. The number of thioether (sulfide) groups is 2. The number of benzene rings is 2. The second-order valence-corrected chi connectivity index (χ2v) is 5.62. The van der Waals surface area contributed by atoms with Gasteiger partial charge in [-0.15, -0.1) is 23.5 Å². The van der Waals surface area contributed by atoms with Crippen LogP contribution in [0.15, 0.2) is 46.2 Å². The van der Waals surface area contributed by atoms with E-state index in [9.17, 15) is 8.78 Å². The summed E-state index contributed by atoms with van der Waals surface area (Å²) in [4.78, 5) is 1.33. The van der Waals surface area contributed by atoms with Crippen LogP contribution in [0.2, 0.25) is 0 Å². The van der Waals surface area contributed by atoms with Gasteiger partial charge in [-0.25, -0.2) is 8.78 Å². The van der Waals surface area contributed by atoms with Gasteiger partial charge in [0.1, 0.15) is 23.1 Å². The average molecular weight is 325 g/mol. The molecule has 21 heavy (non-hydrogen) atoms. The number of halogens is 2. The first-order valence-corrected chi connectivity index (χ1v) is 8.41. The lowest BCUT2D eigenvalue weighted by Crippen LogP contribution is -2.12. The molecule has 0 spiro atoms. The molecule has 0 unspecified atom stereocenters. The third-order valence-corrected chi connectivity index (χ3v) is 4.12. The van der Waals surface area contributed by atoms with Gasteiger partial charge in [0.25, 0.3) is 0 Å². The Bertz CT molecular complexity index is 572. The molecule has 1 radical (unpaired) electrons. The molecular formula is C14H12BF2O2S2. The molecular weight excluding hydrogens is 313 g/mol. The maximum atomic E-state index is 13.1. The molecule has 0 aromatic heterocycles. The molecule has 0 bridgehead atoms. The van der Waals surface area contributed by atoms with Crippen LogP contribution >= 0.6 is 23.5 Å². The van der Waals surface area contributed by atoms with E-state index >= 15 is 0 Å².